The van der Waals surface area contributed by atoms with Crippen molar-refractivity contribution in [3.8, 4) is 0 Å². The molecule has 0 saturated carbocycles. The molecule has 70 valence electrons. The van der Waals surface area contributed by atoms with Crippen LogP contribution in [-0.2, 0) is 4.74 Å². The molecule has 0 aliphatic rings. The van der Waals surface area contributed by atoms with E-state index in [1.165, 1.54) is 6.20 Å². The van der Waals surface area contributed by atoms with E-state index in [0.29, 0.717) is 21.6 Å². The number of carbonyl (C=O) groups is 1. The van der Waals surface area contributed by atoms with Gasteiger partial charge in [-0.25, -0.2) is 9.78 Å². The number of nitrogen functional groups attached to an aromatic ring is 1. The fourth-order valence-corrected chi connectivity index (χ4v) is 1.33. The Morgan fingerprint density at radius 3 is 3.08 bits per heavy atom. The third-order valence-electron chi connectivity index (χ3n) is 1.36. The van der Waals surface area contributed by atoms with Crippen molar-refractivity contribution >= 4 is 34.2 Å². The zero-order chi connectivity index (χ0) is 9.84. The van der Waals surface area contributed by atoms with Crippen LogP contribution in [0.3, 0.4) is 0 Å². The second-order valence-corrected chi connectivity index (χ2v) is 3.35. The molecule has 0 bridgehead atoms. The van der Waals surface area contributed by atoms with Crippen molar-refractivity contribution in [2.24, 2.45) is 0 Å². The van der Waals surface area contributed by atoms with Crippen LogP contribution in [-0.4, -0.2) is 17.6 Å². The van der Waals surface area contributed by atoms with Crippen molar-refractivity contribution in [2.45, 2.75) is 6.92 Å². The molecule has 1 aromatic heterocycles. The summed E-state index contributed by atoms with van der Waals surface area (Å²) in [7, 11) is 0. The van der Waals surface area contributed by atoms with E-state index in [1.54, 1.807) is 13.0 Å². The van der Waals surface area contributed by atoms with Crippen LogP contribution in [0.5, 0.6) is 0 Å². The van der Waals surface area contributed by atoms with Crippen molar-refractivity contribution < 1.29 is 9.53 Å². The zero-order valence-electron chi connectivity index (χ0n) is 7.08. The Balaban J connectivity index is 2.99. The average molecular weight is 292 g/mol. The molecule has 0 aliphatic carbocycles. The summed E-state index contributed by atoms with van der Waals surface area (Å²) in [6.45, 7) is 2.11. The summed E-state index contributed by atoms with van der Waals surface area (Å²) in [5.41, 5.74) is 6.37. The van der Waals surface area contributed by atoms with Gasteiger partial charge in [0.15, 0.2) is 0 Å². The standard InChI is InChI=1S/C8H9IN2O2/c1-2-13-8(12)6-3-5(10)4-11-7(6)9/h3-4H,2,10H2,1H3. The molecule has 0 radical (unpaired) electrons. The van der Waals surface area contributed by atoms with Crippen LogP contribution in [0.25, 0.3) is 0 Å². The van der Waals surface area contributed by atoms with E-state index in [1.807, 2.05) is 22.6 Å². The Morgan fingerprint density at radius 1 is 1.77 bits per heavy atom. The number of anilines is 1. The Bertz CT molecular complexity index is 328. The lowest BCUT2D eigenvalue weighted by Crippen LogP contribution is -2.08. The maximum absolute atomic E-state index is 11.3. The van der Waals surface area contributed by atoms with E-state index >= 15 is 0 Å². The van der Waals surface area contributed by atoms with E-state index in [-0.39, 0.29) is 5.97 Å². The van der Waals surface area contributed by atoms with Gasteiger partial charge in [-0.1, -0.05) is 0 Å². The first-order valence-electron chi connectivity index (χ1n) is 3.73. The van der Waals surface area contributed by atoms with Gasteiger partial charge in [-0.2, -0.15) is 0 Å². The number of rotatable bonds is 2. The molecule has 0 aliphatic heterocycles. The Morgan fingerprint density at radius 2 is 2.46 bits per heavy atom. The van der Waals surface area contributed by atoms with Crippen molar-refractivity contribution in [1.29, 1.82) is 0 Å². The number of nitrogens with zero attached hydrogens (tertiary/aromatic N) is 1. The van der Waals surface area contributed by atoms with Crippen molar-refractivity contribution in [2.75, 3.05) is 12.3 Å². The van der Waals surface area contributed by atoms with E-state index in [9.17, 15) is 4.79 Å². The minimum atomic E-state index is -0.383. The molecule has 13 heavy (non-hydrogen) atoms. The first kappa shape index (κ1) is 10.2. The van der Waals surface area contributed by atoms with Crippen molar-refractivity contribution in [3.63, 3.8) is 0 Å². The fourth-order valence-electron chi connectivity index (χ4n) is 0.816. The van der Waals surface area contributed by atoms with Crippen molar-refractivity contribution in [3.05, 3.63) is 21.5 Å². The maximum atomic E-state index is 11.3. The zero-order valence-corrected chi connectivity index (χ0v) is 9.24. The predicted octanol–water partition coefficient (Wildman–Crippen LogP) is 1.45. The molecule has 4 nitrogen and oxygen atoms in total. The van der Waals surface area contributed by atoms with Crippen molar-refractivity contribution in [1.82, 2.24) is 4.98 Å². The lowest BCUT2D eigenvalue weighted by atomic mass is 10.3. The van der Waals surface area contributed by atoms with Gasteiger partial charge in [-0.05, 0) is 35.6 Å². The number of hydrogen-bond donors (Lipinski definition) is 1. The number of carbonyl (C=O) groups excluding carboxylic acids is 1. The number of pyridine rings is 1. The Hall–Kier alpha value is -0.850. The van der Waals surface area contributed by atoms with Crippen LogP contribution in [0.1, 0.15) is 17.3 Å². The molecule has 0 spiro atoms. The molecule has 0 fully saturated rings. The monoisotopic (exact) mass is 292 g/mol. The SMILES string of the molecule is CCOC(=O)c1cc(N)cnc1I. The Kier molecular flexibility index (Phi) is 3.47. The number of halogens is 1. The number of aromatic nitrogens is 1. The summed E-state index contributed by atoms with van der Waals surface area (Å²) < 4.78 is 5.43. The average Bonchev–Trinajstić information content (AvgIpc) is 2.09. The summed E-state index contributed by atoms with van der Waals surface area (Å²) >= 11 is 1.96. The second kappa shape index (κ2) is 4.40. The summed E-state index contributed by atoms with van der Waals surface area (Å²) in [6.07, 6.45) is 1.50. The molecule has 1 rings (SSSR count). The topological polar surface area (TPSA) is 65.2 Å². The number of nitrogens with two attached hydrogens (primary N) is 1. The van der Waals surface area contributed by atoms with E-state index in [0.717, 1.165) is 0 Å². The van der Waals surface area contributed by atoms with Crippen LogP contribution < -0.4 is 5.73 Å². The predicted molar refractivity (Wildman–Crippen MR) is 57.3 cm³/mol. The highest BCUT2D eigenvalue weighted by molar-refractivity contribution is 14.1. The number of ether oxygens (including phenoxy) is 1. The summed E-state index contributed by atoms with van der Waals surface area (Å²) in [5.74, 6) is -0.383. The van der Waals surface area contributed by atoms with Gasteiger partial charge < -0.3 is 10.5 Å². The van der Waals surface area contributed by atoms with Gasteiger partial charge in [-0.15, -0.1) is 0 Å². The highest BCUT2D eigenvalue weighted by Crippen LogP contribution is 2.13. The lowest BCUT2D eigenvalue weighted by Gasteiger charge is -2.03. The number of esters is 1. The second-order valence-electron chi connectivity index (χ2n) is 2.33. The normalized spacial score (nSPS) is 9.69. The van der Waals surface area contributed by atoms with Gasteiger partial charge in [0.1, 0.15) is 3.70 Å². The highest BCUT2D eigenvalue weighted by Gasteiger charge is 2.11. The van der Waals surface area contributed by atoms with E-state index < -0.39 is 0 Å². The minimum absolute atomic E-state index is 0.351. The lowest BCUT2D eigenvalue weighted by molar-refractivity contribution is 0.0524. The molecule has 0 unspecified atom stereocenters. The highest BCUT2D eigenvalue weighted by atomic mass is 127. The van der Waals surface area contributed by atoms with Gasteiger partial charge >= 0.3 is 5.97 Å². The van der Waals surface area contributed by atoms with E-state index in [2.05, 4.69) is 4.98 Å². The molecule has 0 aromatic carbocycles. The summed E-state index contributed by atoms with van der Waals surface area (Å²) in [6, 6.07) is 1.56. The van der Waals surface area contributed by atoms with Gasteiger partial charge in [0, 0.05) is 0 Å². The molecular weight excluding hydrogens is 283 g/mol. The third-order valence-corrected chi connectivity index (χ3v) is 2.22. The Labute approximate surface area is 89.6 Å². The summed E-state index contributed by atoms with van der Waals surface area (Å²) in [5, 5.41) is 0. The molecule has 1 aromatic rings. The molecule has 1 heterocycles. The van der Waals surface area contributed by atoms with Crippen LogP contribution in [0.15, 0.2) is 12.3 Å². The summed E-state index contributed by atoms with van der Waals surface area (Å²) in [4.78, 5) is 15.2. The van der Waals surface area contributed by atoms with Gasteiger partial charge in [0.05, 0.1) is 24.1 Å². The first-order valence-corrected chi connectivity index (χ1v) is 4.81. The van der Waals surface area contributed by atoms with Crippen LogP contribution in [0, 0.1) is 3.70 Å². The molecule has 5 heteroatoms. The molecule has 2 N–H and O–H groups in total. The molecule has 0 atom stereocenters. The minimum Gasteiger partial charge on any atom is -0.462 e. The molecular formula is C8H9IN2O2. The van der Waals surface area contributed by atoms with Crippen LogP contribution >= 0.6 is 22.6 Å². The molecule has 0 saturated heterocycles. The smallest absolute Gasteiger partial charge is 0.340 e. The third kappa shape index (κ3) is 2.55. The molecule has 0 amide bonds. The quantitative estimate of drug-likeness (QED) is 0.509. The maximum Gasteiger partial charge on any atom is 0.340 e. The van der Waals surface area contributed by atoms with Crippen LogP contribution in [0.2, 0.25) is 0 Å². The number of hydrogen-bond acceptors (Lipinski definition) is 4. The van der Waals surface area contributed by atoms with Gasteiger partial charge in [0.25, 0.3) is 0 Å². The fraction of sp³-hybridized carbons (Fsp3) is 0.250. The first-order chi connectivity index (χ1) is 6.15. The van der Waals surface area contributed by atoms with Gasteiger partial charge in [0.2, 0.25) is 0 Å². The van der Waals surface area contributed by atoms with Crippen LogP contribution in [0.4, 0.5) is 5.69 Å². The largest absolute Gasteiger partial charge is 0.462 e. The van der Waals surface area contributed by atoms with Gasteiger partial charge in [-0.3, -0.25) is 0 Å². The van der Waals surface area contributed by atoms with E-state index in [4.69, 9.17) is 10.5 Å².